The van der Waals surface area contributed by atoms with Crippen molar-refractivity contribution in [1.82, 2.24) is 3.93 Å². The first-order valence-corrected chi connectivity index (χ1v) is 3.77. The van der Waals surface area contributed by atoms with Crippen molar-refractivity contribution in [3.05, 3.63) is 4.91 Å². The van der Waals surface area contributed by atoms with E-state index in [1.54, 1.807) is 0 Å². The Bertz CT molecular complexity index is 109. The van der Waals surface area contributed by atoms with Gasteiger partial charge in [0.15, 0.2) is 0 Å². The fraction of sp³-hybridized carbons (Fsp3) is 1.00. The number of hydrogen-bond donors (Lipinski definition) is 0. The van der Waals surface area contributed by atoms with E-state index in [9.17, 15) is 4.91 Å². The molecule has 1 unspecified atom stereocenters. The van der Waals surface area contributed by atoms with Crippen LogP contribution in [0.5, 0.6) is 0 Å². The van der Waals surface area contributed by atoms with Gasteiger partial charge in [-0.25, -0.2) is 3.93 Å². The molecule has 1 atom stereocenters. The molecule has 9 heavy (non-hydrogen) atoms. The van der Waals surface area contributed by atoms with Crippen LogP contribution in [0.2, 0.25) is 0 Å². The molecule has 1 fully saturated rings. The number of nitroso groups, excluding NO2 is 1. The summed E-state index contributed by atoms with van der Waals surface area (Å²) < 4.78 is 2.01. The molecule has 0 aliphatic carbocycles. The zero-order chi connectivity index (χ0) is 6.69. The van der Waals surface area contributed by atoms with Crippen molar-refractivity contribution in [1.29, 1.82) is 0 Å². The van der Waals surface area contributed by atoms with E-state index in [1.807, 2.05) is 3.93 Å². The van der Waals surface area contributed by atoms with Gasteiger partial charge < -0.3 is 0 Å². The predicted octanol–water partition coefficient (Wildman–Crippen LogP) is 1.53. The summed E-state index contributed by atoms with van der Waals surface area (Å²) in [6, 6.07) is 0.350. The number of hydrogen-bond acceptors (Lipinski definition) is 3. The van der Waals surface area contributed by atoms with E-state index in [0.717, 1.165) is 13.0 Å². The average molecular weight is 193 g/mol. The van der Waals surface area contributed by atoms with Crippen LogP contribution in [0.15, 0.2) is 5.18 Å². The second-order valence-corrected chi connectivity index (χ2v) is 3.14. The summed E-state index contributed by atoms with van der Waals surface area (Å²) in [4.78, 5) is 9.81. The molecule has 0 bridgehead atoms. The standard InChI is InChI=1S/C5H9BrN2O/c6-8-3-1-2-5(8)4-7-9/h5H,1-4H2. The lowest BCUT2D eigenvalue weighted by atomic mass is 10.2. The van der Waals surface area contributed by atoms with Crippen LogP contribution in [0.4, 0.5) is 0 Å². The van der Waals surface area contributed by atoms with Crippen molar-refractivity contribution in [2.75, 3.05) is 13.1 Å². The molecule has 1 aliphatic heterocycles. The number of rotatable bonds is 2. The smallest absolute Gasteiger partial charge is 0.0975 e. The molecule has 1 saturated heterocycles. The first-order valence-electron chi connectivity index (χ1n) is 3.06. The van der Waals surface area contributed by atoms with Crippen molar-refractivity contribution < 1.29 is 0 Å². The van der Waals surface area contributed by atoms with Crippen LogP contribution in [0.3, 0.4) is 0 Å². The van der Waals surface area contributed by atoms with Crippen molar-refractivity contribution in [3.8, 4) is 0 Å². The fourth-order valence-corrected chi connectivity index (χ4v) is 1.65. The summed E-state index contributed by atoms with van der Waals surface area (Å²) in [5.74, 6) is 0. The highest BCUT2D eigenvalue weighted by molar-refractivity contribution is 9.07. The molecule has 0 saturated carbocycles. The van der Waals surface area contributed by atoms with Crippen molar-refractivity contribution in [2.24, 2.45) is 5.18 Å². The molecular formula is C5H9BrN2O. The Morgan fingerprint density at radius 2 is 2.56 bits per heavy atom. The van der Waals surface area contributed by atoms with Crippen LogP contribution in [-0.2, 0) is 0 Å². The lowest BCUT2D eigenvalue weighted by Gasteiger charge is -2.11. The minimum absolute atomic E-state index is 0.350. The zero-order valence-corrected chi connectivity index (χ0v) is 6.67. The van der Waals surface area contributed by atoms with Gasteiger partial charge in [-0.15, -0.1) is 0 Å². The van der Waals surface area contributed by atoms with E-state index in [2.05, 4.69) is 21.3 Å². The van der Waals surface area contributed by atoms with Gasteiger partial charge in [0, 0.05) is 28.7 Å². The Balaban J connectivity index is 2.30. The highest BCUT2D eigenvalue weighted by Gasteiger charge is 2.21. The molecule has 0 radical (unpaired) electrons. The molecule has 0 spiro atoms. The van der Waals surface area contributed by atoms with Gasteiger partial charge in [-0.3, -0.25) is 0 Å². The first-order chi connectivity index (χ1) is 4.34. The van der Waals surface area contributed by atoms with Gasteiger partial charge in [-0.2, -0.15) is 4.91 Å². The zero-order valence-electron chi connectivity index (χ0n) is 5.09. The van der Waals surface area contributed by atoms with Crippen LogP contribution in [0.25, 0.3) is 0 Å². The maximum atomic E-state index is 9.81. The molecule has 1 rings (SSSR count). The summed E-state index contributed by atoms with van der Waals surface area (Å²) in [7, 11) is 0. The van der Waals surface area contributed by atoms with E-state index >= 15 is 0 Å². The number of nitrogens with zero attached hydrogens (tertiary/aromatic N) is 2. The normalized spacial score (nSPS) is 28.8. The summed E-state index contributed by atoms with van der Waals surface area (Å²) in [6.07, 6.45) is 2.27. The first kappa shape index (κ1) is 7.15. The maximum absolute atomic E-state index is 9.81. The second-order valence-electron chi connectivity index (χ2n) is 2.23. The van der Waals surface area contributed by atoms with Gasteiger partial charge in [-0.1, -0.05) is 5.18 Å². The molecule has 0 aromatic rings. The molecule has 1 heterocycles. The van der Waals surface area contributed by atoms with E-state index in [4.69, 9.17) is 0 Å². The van der Waals surface area contributed by atoms with Gasteiger partial charge in [0.2, 0.25) is 0 Å². The topological polar surface area (TPSA) is 32.7 Å². The Morgan fingerprint density at radius 3 is 3.00 bits per heavy atom. The molecular weight excluding hydrogens is 184 g/mol. The van der Waals surface area contributed by atoms with Crippen LogP contribution in [0, 0.1) is 4.91 Å². The van der Waals surface area contributed by atoms with E-state index < -0.39 is 0 Å². The largest absolute Gasteiger partial charge is 0.237 e. The minimum Gasteiger partial charge on any atom is -0.237 e. The molecule has 52 valence electrons. The third-order valence-electron chi connectivity index (χ3n) is 1.59. The predicted molar refractivity (Wildman–Crippen MR) is 39.3 cm³/mol. The summed E-state index contributed by atoms with van der Waals surface area (Å²) in [6.45, 7) is 1.46. The van der Waals surface area contributed by atoms with E-state index in [-0.39, 0.29) is 0 Å². The molecule has 4 heteroatoms. The lowest BCUT2D eigenvalue weighted by Crippen LogP contribution is -2.21. The Morgan fingerprint density at radius 1 is 1.78 bits per heavy atom. The molecule has 1 aliphatic rings. The molecule has 0 aromatic heterocycles. The highest BCUT2D eigenvalue weighted by atomic mass is 79.9. The van der Waals surface area contributed by atoms with Crippen molar-refractivity contribution in [2.45, 2.75) is 18.9 Å². The Labute approximate surface area is 62.7 Å². The van der Waals surface area contributed by atoms with Crippen molar-refractivity contribution >= 4 is 16.1 Å². The van der Waals surface area contributed by atoms with E-state index in [0.29, 0.717) is 12.6 Å². The fourth-order valence-electron chi connectivity index (χ4n) is 1.07. The third-order valence-corrected chi connectivity index (χ3v) is 2.52. The summed E-state index contributed by atoms with van der Waals surface area (Å²) in [5, 5.41) is 2.85. The molecule has 0 amide bonds. The second kappa shape index (κ2) is 3.27. The number of halogens is 1. The van der Waals surface area contributed by atoms with Gasteiger partial charge in [0.1, 0.15) is 0 Å². The third kappa shape index (κ3) is 1.72. The van der Waals surface area contributed by atoms with Gasteiger partial charge in [0.25, 0.3) is 0 Å². The van der Waals surface area contributed by atoms with Crippen molar-refractivity contribution in [3.63, 3.8) is 0 Å². The van der Waals surface area contributed by atoms with Crippen LogP contribution >= 0.6 is 16.1 Å². The Hall–Kier alpha value is 0.0400. The van der Waals surface area contributed by atoms with Crippen LogP contribution in [0.1, 0.15) is 12.8 Å². The molecule has 0 N–H and O–H groups in total. The van der Waals surface area contributed by atoms with E-state index in [1.165, 1.54) is 6.42 Å². The molecule has 0 aromatic carbocycles. The summed E-state index contributed by atoms with van der Waals surface area (Å²) in [5.41, 5.74) is 0. The van der Waals surface area contributed by atoms with Gasteiger partial charge in [0.05, 0.1) is 6.54 Å². The minimum atomic E-state index is 0.350. The monoisotopic (exact) mass is 192 g/mol. The SMILES string of the molecule is O=NCC1CCCN1Br. The van der Waals surface area contributed by atoms with Gasteiger partial charge >= 0.3 is 0 Å². The quantitative estimate of drug-likeness (QED) is 0.492. The van der Waals surface area contributed by atoms with Gasteiger partial charge in [-0.05, 0) is 12.8 Å². The maximum Gasteiger partial charge on any atom is 0.0975 e. The summed E-state index contributed by atoms with van der Waals surface area (Å²) >= 11 is 3.34. The Kier molecular flexibility index (Phi) is 2.60. The molecule has 3 nitrogen and oxygen atoms in total. The highest BCUT2D eigenvalue weighted by Crippen LogP contribution is 2.20. The van der Waals surface area contributed by atoms with Crippen LogP contribution < -0.4 is 0 Å². The average Bonchev–Trinajstić information content (AvgIpc) is 2.18. The van der Waals surface area contributed by atoms with Crippen LogP contribution in [-0.4, -0.2) is 23.1 Å². The lowest BCUT2D eigenvalue weighted by molar-refractivity contribution is 0.458.